The van der Waals surface area contributed by atoms with Crippen LogP contribution in [0.15, 0.2) is 48.2 Å². The fourth-order valence-electron chi connectivity index (χ4n) is 3.22. The van der Waals surface area contributed by atoms with Crippen LogP contribution in [0.2, 0.25) is 0 Å². The molecule has 1 aliphatic rings. The average Bonchev–Trinajstić information content (AvgIpc) is 3.26. The molecule has 1 amide bonds. The highest BCUT2D eigenvalue weighted by Gasteiger charge is 2.27. The van der Waals surface area contributed by atoms with E-state index < -0.39 is 0 Å². The maximum absolute atomic E-state index is 12.4. The van der Waals surface area contributed by atoms with E-state index in [2.05, 4.69) is 22.1 Å². The van der Waals surface area contributed by atoms with Gasteiger partial charge >= 0.3 is 0 Å². The largest absolute Gasteiger partial charge is 0.338 e. The molecule has 0 radical (unpaired) electrons. The lowest BCUT2D eigenvalue weighted by Gasteiger charge is -2.15. The summed E-state index contributed by atoms with van der Waals surface area (Å²) in [5.41, 5.74) is 3.99. The van der Waals surface area contributed by atoms with Crippen molar-refractivity contribution in [2.24, 2.45) is 5.92 Å². The van der Waals surface area contributed by atoms with Gasteiger partial charge in [-0.25, -0.2) is 0 Å². The number of fused-ring (bicyclic) bond motifs is 1. The highest BCUT2D eigenvalue weighted by Crippen LogP contribution is 2.24. The van der Waals surface area contributed by atoms with E-state index in [4.69, 9.17) is 0 Å². The van der Waals surface area contributed by atoms with Gasteiger partial charge < -0.3 is 4.90 Å². The molecule has 0 saturated carbocycles. The molecule has 2 aromatic heterocycles. The summed E-state index contributed by atoms with van der Waals surface area (Å²) in [6.07, 6.45) is 5.66. The summed E-state index contributed by atoms with van der Waals surface area (Å²) >= 11 is 1.41. The Morgan fingerprint density at radius 3 is 3.09 bits per heavy atom. The highest BCUT2D eigenvalue weighted by molar-refractivity contribution is 7.11. The van der Waals surface area contributed by atoms with Gasteiger partial charge in [-0.15, -0.1) is 11.3 Å². The van der Waals surface area contributed by atoms with Crippen LogP contribution < -0.4 is 0 Å². The summed E-state index contributed by atoms with van der Waals surface area (Å²) < 4.78 is 0. The molecule has 4 rings (SSSR count). The van der Waals surface area contributed by atoms with E-state index in [9.17, 15) is 4.79 Å². The van der Waals surface area contributed by atoms with Crippen LogP contribution >= 0.6 is 11.3 Å². The molecule has 1 atom stereocenters. The number of benzene rings is 1. The number of nitrogens with zero attached hydrogens (tertiary/aromatic N) is 3. The number of amides is 1. The Bertz CT molecular complexity index is 831. The van der Waals surface area contributed by atoms with Gasteiger partial charge in [0.05, 0.1) is 17.2 Å². The van der Waals surface area contributed by atoms with Crippen molar-refractivity contribution in [1.29, 1.82) is 0 Å². The first kappa shape index (κ1) is 14.3. The Hall–Kier alpha value is -2.27. The van der Waals surface area contributed by atoms with Crippen LogP contribution in [-0.2, 0) is 6.42 Å². The standard InChI is InChI=1S/C18H17N3OS/c22-18(17-10-19-12-23-17)21-6-5-13(11-21)7-14-8-15-3-1-2-4-16(15)20-9-14/h1-4,8-10,12-13H,5-7,11H2/t13-/m1/s1. The number of hydrogen-bond donors (Lipinski definition) is 0. The molecule has 116 valence electrons. The monoisotopic (exact) mass is 323 g/mol. The van der Waals surface area contributed by atoms with Crippen LogP contribution in [0.1, 0.15) is 21.7 Å². The summed E-state index contributed by atoms with van der Waals surface area (Å²) in [4.78, 5) is 23.6. The minimum absolute atomic E-state index is 0.117. The molecule has 1 saturated heterocycles. The Labute approximate surface area is 138 Å². The van der Waals surface area contributed by atoms with Gasteiger partial charge in [0, 0.05) is 24.7 Å². The smallest absolute Gasteiger partial charge is 0.265 e. The number of likely N-dealkylation sites (tertiary alicyclic amines) is 1. The van der Waals surface area contributed by atoms with Crippen molar-refractivity contribution in [2.75, 3.05) is 13.1 Å². The number of para-hydroxylation sites is 1. The molecule has 0 aliphatic carbocycles. The number of rotatable bonds is 3. The molecule has 3 aromatic rings. The number of carbonyl (C=O) groups excluding carboxylic acids is 1. The van der Waals surface area contributed by atoms with Crippen molar-refractivity contribution in [3.8, 4) is 0 Å². The van der Waals surface area contributed by atoms with Crippen LogP contribution in [0.25, 0.3) is 10.9 Å². The molecule has 3 heterocycles. The maximum Gasteiger partial charge on any atom is 0.265 e. The van der Waals surface area contributed by atoms with Crippen molar-refractivity contribution >= 4 is 28.1 Å². The van der Waals surface area contributed by atoms with Gasteiger partial charge in [-0.1, -0.05) is 18.2 Å². The van der Waals surface area contributed by atoms with E-state index >= 15 is 0 Å². The van der Waals surface area contributed by atoms with Crippen LogP contribution in [0, 0.1) is 5.92 Å². The predicted molar refractivity (Wildman–Crippen MR) is 91.6 cm³/mol. The first-order chi connectivity index (χ1) is 11.3. The third-order valence-corrected chi connectivity index (χ3v) is 5.15. The topological polar surface area (TPSA) is 46.1 Å². The van der Waals surface area contributed by atoms with Gasteiger partial charge in [-0.2, -0.15) is 0 Å². The Balaban J connectivity index is 1.44. The summed E-state index contributed by atoms with van der Waals surface area (Å²) in [5, 5.41) is 1.18. The molecular formula is C18H17N3OS. The predicted octanol–water partition coefficient (Wildman–Crippen LogP) is 3.40. The van der Waals surface area contributed by atoms with Gasteiger partial charge in [0.1, 0.15) is 4.88 Å². The Kier molecular flexibility index (Phi) is 3.79. The fraction of sp³-hybridized carbons (Fsp3) is 0.278. The first-order valence-corrected chi connectivity index (χ1v) is 8.69. The maximum atomic E-state index is 12.4. The summed E-state index contributed by atoms with van der Waals surface area (Å²) in [6, 6.07) is 10.4. The molecule has 5 heteroatoms. The van der Waals surface area contributed by atoms with Crippen molar-refractivity contribution in [1.82, 2.24) is 14.9 Å². The SMILES string of the molecule is O=C(c1cncs1)N1CC[C@H](Cc2cnc3ccccc3c2)C1. The lowest BCUT2D eigenvalue weighted by molar-refractivity contribution is 0.0791. The second-order valence-electron chi connectivity index (χ2n) is 6.01. The van der Waals surface area contributed by atoms with Gasteiger partial charge in [-0.05, 0) is 36.5 Å². The van der Waals surface area contributed by atoms with Crippen LogP contribution in [0.3, 0.4) is 0 Å². The van der Waals surface area contributed by atoms with Crippen molar-refractivity contribution < 1.29 is 4.79 Å². The van der Waals surface area contributed by atoms with Crippen LogP contribution in [-0.4, -0.2) is 33.9 Å². The van der Waals surface area contributed by atoms with E-state index in [1.165, 1.54) is 22.3 Å². The van der Waals surface area contributed by atoms with Gasteiger partial charge in [0.2, 0.25) is 0 Å². The number of aromatic nitrogens is 2. The summed E-state index contributed by atoms with van der Waals surface area (Å²) in [7, 11) is 0. The quantitative estimate of drug-likeness (QED) is 0.742. The second-order valence-corrected chi connectivity index (χ2v) is 6.90. The van der Waals surface area contributed by atoms with Gasteiger partial charge in [0.25, 0.3) is 5.91 Å². The molecule has 0 N–H and O–H groups in total. The van der Waals surface area contributed by atoms with E-state index in [1.807, 2.05) is 29.3 Å². The fourth-order valence-corrected chi connectivity index (χ4v) is 3.81. The molecule has 0 spiro atoms. The summed E-state index contributed by atoms with van der Waals surface area (Å²) in [5.74, 6) is 0.626. The molecule has 1 aliphatic heterocycles. The zero-order valence-corrected chi connectivity index (χ0v) is 13.5. The Morgan fingerprint density at radius 2 is 2.22 bits per heavy atom. The van der Waals surface area contributed by atoms with Crippen LogP contribution in [0.4, 0.5) is 0 Å². The number of hydrogen-bond acceptors (Lipinski definition) is 4. The molecule has 1 fully saturated rings. The first-order valence-electron chi connectivity index (χ1n) is 7.81. The molecular weight excluding hydrogens is 306 g/mol. The minimum Gasteiger partial charge on any atom is -0.338 e. The zero-order chi connectivity index (χ0) is 15.6. The molecule has 0 bridgehead atoms. The molecule has 1 aromatic carbocycles. The molecule has 0 unspecified atom stereocenters. The third-order valence-electron chi connectivity index (χ3n) is 4.39. The Morgan fingerprint density at radius 1 is 1.30 bits per heavy atom. The average molecular weight is 323 g/mol. The summed E-state index contributed by atoms with van der Waals surface area (Å²) in [6.45, 7) is 1.66. The number of pyridine rings is 1. The zero-order valence-electron chi connectivity index (χ0n) is 12.7. The van der Waals surface area contributed by atoms with Gasteiger partial charge in [-0.3, -0.25) is 14.8 Å². The van der Waals surface area contributed by atoms with E-state index in [-0.39, 0.29) is 5.91 Å². The van der Waals surface area contributed by atoms with Crippen molar-refractivity contribution in [3.05, 3.63) is 58.7 Å². The lowest BCUT2D eigenvalue weighted by Crippen LogP contribution is -2.28. The van der Waals surface area contributed by atoms with Gasteiger partial charge in [0.15, 0.2) is 0 Å². The van der Waals surface area contributed by atoms with E-state index in [1.54, 1.807) is 11.7 Å². The lowest BCUT2D eigenvalue weighted by atomic mass is 9.99. The minimum atomic E-state index is 0.117. The number of thiazole rings is 1. The van der Waals surface area contributed by atoms with Crippen LogP contribution in [0.5, 0.6) is 0 Å². The molecule has 23 heavy (non-hydrogen) atoms. The number of carbonyl (C=O) groups is 1. The van der Waals surface area contributed by atoms with E-state index in [0.717, 1.165) is 36.3 Å². The third kappa shape index (κ3) is 2.97. The molecule has 4 nitrogen and oxygen atoms in total. The van der Waals surface area contributed by atoms with Crippen molar-refractivity contribution in [2.45, 2.75) is 12.8 Å². The van der Waals surface area contributed by atoms with E-state index in [0.29, 0.717) is 5.92 Å². The highest BCUT2D eigenvalue weighted by atomic mass is 32.1. The van der Waals surface area contributed by atoms with Crippen molar-refractivity contribution in [3.63, 3.8) is 0 Å². The normalized spacial score (nSPS) is 17.7. The second kappa shape index (κ2) is 6.08.